The summed E-state index contributed by atoms with van der Waals surface area (Å²) in [4.78, 5) is 28.7. The third-order valence-electron chi connectivity index (χ3n) is 5.75. The number of carbonyl (C=O) groups is 2. The number of nitrogens with zero attached hydrogens (tertiary/aromatic N) is 1. The highest BCUT2D eigenvalue weighted by atomic mass is 35.5. The van der Waals surface area contributed by atoms with Crippen LogP contribution in [0.3, 0.4) is 0 Å². The summed E-state index contributed by atoms with van der Waals surface area (Å²) < 4.78 is 10.6. The van der Waals surface area contributed by atoms with Gasteiger partial charge >= 0.3 is 0 Å². The van der Waals surface area contributed by atoms with Crippen LogP contribution in [0.2, 0.25) is 5.02 Å². The van der Waals surface area contributed by atoms with Gasteiger partial charge in [0.25, 0.3) is 11.7 Å². The average Bonchev–Trinajstić information content (AvgIpc) is 3.42. The van der Waals surface area contributed by atoms with Gasteiger partial charge in [-0.3, -0.25) is 14.5 Å². The number of hydrogen-bond acceptors (Lipinski definition) is 6. The Balaban J connectivity index is 1.96. The van der Waals surface area contributed by atoms with Crippen LogP contribution in [-0.4, -0.2) is 31.0 Å². The molecule has 0 bridgehead atoms. The number of thiophene rings is 1. The van der Waals surface area contributed by atoms with Gasteiger partial charge in [0.1, 0.15) is 23.3 Å². The quantitative estimate of drug-likeness (QED) is 0.288. The maximum absolute atomic E-state index is 13.3. The lowest BCUT2D eigenvalue weighted by molar-refractivity contribution is -0.132. The molecular weight excluding hydrogens is 462 g/mol. The SMILES string of the molecule is COc1cc(OC)c(/C(O)=C2/C(=O)C(=O)N(c3ccc(C)c(C)c3)C2c2cccs2)cc1Cl. The van der Waals surface area contributed by atoms with E-state index in [2.05, 4.69) is 0 Å². The Morgan fingerprint density at radius 3 is 2.36 bits per heavy atom. The van der Waals surface area contributed by atoms with E-state index in [1.54, 1.807) is 6.07 Å². The number of methoxy groups -OCH3 is 2. The molecule has 1 aromatic heterocycles. The highest BCUT2D eigenvalue weighted by Crippen LogP contribution is 2.45. The number of Topliss-reactive ketones (excluding diaryl/α,β-unsaturated/α-hetero) is 1. The monoisotopic (exact) mass is 483 g/mol. The third kappa shape index (κ3) is 3.87. The molecule has 0 spiro atoms. The highest BCUT2D eigenvalue weighted by Gasteiger charge is 2.47. The number of rotatable bonds is 5. The Labute approximate surface area is 200 Å². The second-order valence-corrected chi connectivity index (χ2v) is 9.03. The Morgan fingerprint density at radius 2 is 1.76 bits per heavy atom. The fourth-order valence-corrected chi connectivity index (χ4v) is 4.94. The molecule has 1 fully saturated rings. The number of hydrogen-bond donors (Lipinski definition) is 1. The molecule has 2 aromatic carbocycles. The molecule has 1 aliphatic rings. The van der Waals surface area contributed by atoms with Gasteiger partial charge in [0.2, 0.25) is 0 Å². The predicted molar refractivity (Wildman–Crippen MR) is 130 cm³/mol. The van der Waals surface area contributed by atoms with Crippen LogP contribution in [0.25, 0.3) is 5.76 Å². The van der Waals surface area contributed by atoms with Crippen molar-refractivity contribution in [1.82, 2.24) is 0 Å². The van der Waals surface area contributed by atoms with Gasteiger partial charge in [-0.1, -0.05) is 23.7 Å². The van der Waals surface area contributed by atoms with Gasteiger partial charge in [-0.2, -0.15) is 0 Å². The van der Waals surface area contributed by atoms with Crippen molar-refractivity contribution < 1.29 is 24.2 Å². The first-order valence-electron chi connectivity index (χ1n) is 10.1. The van der Waals surface area contributed by atoms with Gasteiger partial charge in [-0.05, 0) is 54.6 Å². The summed E-state index contributed by atoms with van der Waals surface area (Å²) in [5.74, 6) is -1.24. The molecule has 4 rings (SSSR count). The number of anilines is 1. The molecule has 1 saturated heterocycles. The summed E-state index contributed by atoms with van der Waals surface area (Å²) in [5, 5.41) is 13.4. The molecule has 1 atom stereocenters. The van der Waals surface area contributed by atoms with E-state index in [9.17, 15) is 14.7 Å². The minimum atomic E-state index is -0.794. The molecule has 8 heteroatoms. The normalized spacial score (nSPS) is 17.5. The van der Waals surface area contributed by atoms with Crippen LogP contribution < -0.4 is 14.4 Å². The lowest BCUT2D eigenvalue weighted by Crippen LogP contribution is -2.29. The number of aliphatic hydroxyl groups excluding tert-OH is 1. The van der Waals surface area contributed by atoms with Crippen LogP contribution >= 0.6 is 22.9 Å². The first-order chi connectivity index (χ1) is 15.8. The van der Waals surface area contributed by atoms with Gasteiger partial charge in [0.15, 0.2) is 0 Å². The summed E-state index contributed by atoms with van der Waals surface area (Å²) in [6.07, 6.45) is 0. The molecule has 2 heterocycles. The van der Waals surface area contributed by atoms with Crippen LogP contribution in [0, 0.1) is 13.8 Å². The van der Waals surface area contributed by atoms with Crippen molar-refractivity contribution in [2.24, 2.45) is 0 Å². The molecular formula is C25H22ClNO5S. The van der Waals surface area contributed by atoms with Crippen molar-refractivity contribution in [3.63, 3.8) is 0 Å². The molecule has 1 N–H and O–H groups in total. The topological polar surface area (TPSA) is 76.1 Å². The van der Waals surface area contributed by atoms with Crippen LogP contribution in [0.15, 0.2) is 53.4 Å². The zero-order chi connectivity index (χ0) is 23.9. The van der Waals surface area contributed by atoms with E-state index in [0.29, 0.717) is 11.4 Å². The summed E-state index contributed by atoms with van der Waals surface area (Å²) in [6.45, 7) is 3.92. The molecule has 1 aliphatic heterocycles. The van der Waals surface area contributed by atoms with Gasteiger partial charge in [-0.25, -0.2) is 0 Å². The van der Waals surface area contributed by atoms with Crippen LogP contribution in [0.1, 0.15) is 27.6 Å². The summed E-state index contributed by atoms with van der Waals surface area (Å²) >= 11 is 7.69. The van der Waals surface area contributed by atoms with E-state index in [1.807, 2.05) is 43.5 Å². The van der Waals surface area contributed by atoms with Gasteiger partial charge in [-0.15, -0.1) is 11.3 Å². The highest BCUT2D eigenvalue weighted by molar-refractivity contribution is 7.10. The minimum Gasteiger partial charge on any atom is -0.507 e. The molecule has 6 nitrogen and oxygen atoms in total. The summed E-state index contributed by atoms with van der Waals surface area (Å²) in [5.41, 5.74) is 2.81. The molecule has 33 heavy (non-hydrogen) atoms. The number of ketones is 1. The standard InChI is InChI=1S/C25H22ClNO5S/c1-13-7-8-15(10-14(13)2)27-22(20-6-5-9-33-20)21(24(29)25(27)30)23(28)16-11-17(26)19(32-4)12-18(16)31-3/h5-12,22,28H,1-4H3/b23-21-. The Bertz CT molecular complexity index is 1280. The fourth-order valence-electron chi connectivity index (χ4n) is 3.88. The van der Waals surface area contributed by atoms with E-state index >= 15 is 0 Å². The van der Waals surface area contributed by atoms with Gasteiger partial charge < -0.3 is 14.6 Å². The number of amides is 1. The number of aryl methyl sites for hydroxylation is 2. The lowest BCUT2D eigenvalue weighted by Gasteiger charge is -2.25. The maximum Gasteiger partial charge on any atom is 0.300 e. The maximum atomic E-state index is 13.3. The number of carbonyl (C=O) groups excluding carboxylic acids is 2. The molecule has 1 unspecified atom stereocenters. The van der Waals surface area contributed by atoms with Gasteiger partial charge in [0.05, 0.1) is 30.4 Å². The van der Waals surface area contributed by atoms with E-state index < -0.39 is 17.7 Å². The smallest absolute Gasteiger partial charge is 0.300 e. The number of halogens is 1. The van der Waals surface area contributed by atoms with Crippen molar-refractivity contribution in [2.75, 3.05) is 19.1 Å². The largest absolute Gasteiger partial charge is 0.507 e. The van der Waals surface area contributed by atoms with E-state index in [4.69, 9.17) is 21.1 Å². The van der Waals surface area contributed by atoms with Crippen LogP contribution in [0.4, 0.5) is 5.69 Å². The van der Waals surface area contributed by atoms with Crippen molar-refractivity contribution in [3.8, 4) is 11.5 Å². The van der Waals surface area contributed by atoms with Crippen molar-refractivity contribution in [1.29, 1.82) is 0 Å². The first-order valence-corrected chi connectivity index (χ1v) is 11.4. The first kappa shape index (κ1) is 22.9. The number of ether oxygens (including phenoxy) is 2. The number of benzene rings is 2. The van der Waals surface area contributed by atoms with Crippen LogP contribution in [0.5, 0.6) is 11.5 Å². The van der Waals surface area contributed by atoms with E-state index in [1.165, 1.54) is 42.6 Å². The zero-order valence-corrected chi connectivity index (χ0v) is 20.1. The molecule has 0 saturated carbocycles. The minimum absolute atomic E-state index is 0.0276. The molecule has 170 valence electrons. The van der Waals surface area contributed by atoms with Crippen LogP contribution in [-0.2, 0) is 9.59 Å². The summed E-state index contributed by atoms with van der Waals surface area (Å²) in [6, 6.07) is 11.4. The Kier molecular flexibility index (Phi) is 6.19. The van der Waals surface area contributed by atoms with E-state index in [-0.39, 0.29) is 27.7 Å². The van der Waals surface area contributed by atoms with E-state index in [0.717, 1.165) is 16.0 Å². The third-order valence-corrected chi connectivity index (χ3v) is 6.97. The average molecular weight is 484 g/mol. The number of aliphatic hydroxyl groups is 1. The second kappa shape index (κ2) is 8.92. The predicted octanol–water partition coefficient (Wildman–Crippen LogP) is 5.66. The molecule has 0 aliphatic carbocycles. The van der Waals surface area contributed by atoms with Crippen molar-refractivity contribution in [3.05, 3.63) is 80.0 Å². The molecule has 1 amide bonds. The second-order valence-electron chi connectivity index (χ2n) is 7.64. The van der Waals surface area contributed by atoms with Gasteiger partial charge in [0, 0.05) is 16.6 Å². The summed E-state index contributed by atoms with van der Waals surface area (Å²) in [7, 11) is 2.90. The fraction of sp³-hybridized carbons (Fsp3) is 0.200. The Hall–Kier alpha value is -3.29. The molecule has 3 aromatic rings. The van der Waals surface area contributed by atoms with Crippen molar-refractivity contribution >= 4 is 46.1 Å². The molecule has 0 radical (unpaired) electrons. The lowest BCUT2D eigenvalue weighted by atomic mass is 9.99. The Morgan fingerprint density at radius 1 is 1.03 bits per heavy atom. The zero-order valence-electron chi connectivity index (χ0n) is 18.5. The van der Waals surface area contributed by atoms with Crippen molar-refractivity contribution in [2.45, 2.75) is 19.9 Å².